The van der Waals surface area contributed by atoms with Gasteiger partial charge in [-0.1, -0.05) is 36.4 Å². The second-order valence-electron chi connectivity index (χ2n) is 8.16. The molecule has 0 aliphatic carbocycles. The third kappa shape index (κ3) is 7.00. The highest BCUT2D eigenvalue weighted by Gasteiger charge is 2.51. The van der Waals surface area contributed by atoms with Gasteiger partial charge in [0, 0.05) is 31.8 Å². The maximum absolute atomic E-state index is 12.5. The van der Waals surface area contributed by atoms with Gasteiger partial charge in [-0.2, -0.15) is 0 Å². The van der Waals surface area contributed by atoms with E-state index in [0.29, 0.717) is 24.5 Å². The number of hydrogen-bond acceptors (Lipinski definition) is 6. The summed E-state index contributed by atoms with van der Waals surface area (Å²) in [5, 5.41) is 2.85. The van der Waals surface area contributed by atoms with Gasteiger partial charge in [-0.05, 0) is 38.5 Å². The molecular formula is C23H35NO5S. The van der Waals surface area contributed by atoms with E-state index in [4.69, 9.17) is 14.2 Å². The molecule has 30 heavy (non-hydrogen) atoms. The van der Waals surface area contributed by atoms with Gasteiger partial charge in [0.1, 0.15) is 6.10 Å². The summed E-state index contributed by atoms with van der Waals surface area (Å²) in [6.07, 6.45) is 9.13. The Morgan fingerprint density at radius 1 is 1.47 bits per heavy atom. The van der Waals surface area contributed by atoms with Gasteiger partial charge >= 0.3 is 5.97 Å². The Balaban J connectivity index is 2.12. The summed E-state index contributed by atoms with van der Waals surface area (Å²) in [4.78, 5) is 24.3. The highest BCUT2D eigenvalue weighted by molar-refractivity contribution is 8.14. The van der Waals surface area contributed by atoms with Crippen LogP contribution in [0.15, 0.2) is 37.0 Å². The lowest BCUT2D eigenvalue weighted by Gasteiger charge is -2.46. The number of hydrogen-bond donors (Lipinski definition) is 1. The molecule has 0 saturated carbocycles. The SMILES string of the molecule is C=CCC/C(C)=C\C(=O)O[C@@H]1C[C@@H](CC[C@H](C)C=C)O[C@@](OC)([C@@H]2CSC(=O)N2)C1. The number of carbonyl (C=O) groups excluding carboxylic acids is 2. The predicted octanol–water partition coefficient (Wildman–Crippen LogP) is 4.76. The highest BCUT2D eigenvalue weighted by Crippen LogP contribution is 2.39. The lowest BCUT2D eigenvalue weighted by molar-refractivity contribution is -0.296. The van der Waals surface area contributed by atoms with Gasteiger partial charge in [0.2, 0.25) is 0 Å². The van der Waals surface area contributed by atoms with Gasteiger partial charge in [0.25, 0.3) is 5.24 Å². The number of thioether (sulfide) groups is 1. The molecule has 1 amide bonds. The van der Waals surface area contributed by atoms with Crippen molar-refractivity contribution in [1.82, 2.24) is 5.32 Å². The maximum Gasteiger partial charge on any atom is 0.330 e. The summed E-state index contributed by atoms with van der Waals surface area (Å²) >= 11 is 1.22. The van der Waals surface area contributed by atoms with Crippen molar-refractivity contribution in [3.8, 4) is 0 Å². The van der Waals surface area contributed by atoms with Crippen LogP contribution in [-0.2, 0) is 19.0 Å². The molecule has 0 radical (unpaired) electrons. The minimum atomic E-state index is -1.01. The molecule has 5 atom stereocenters. The first kappa shape index (κ1) is 24.7. The molecule has 0 spiro atoms. The molecular weight excluding hydrogens is 402 g/mol. The van der Waals surface area contributed by atoms with Crippen molar-refractivity contribution in [3.63, 3.8) is 0 Å². The summed E-state index contributed by atoms with van der Waals surface area (Å²) in [5.74, 6) is -0.433. The maximum atomic E-state index is 12.5. The molecule has 0 aromatic heterocycles. The number of ether oxygens (including phenoxy) is 3. The van der Waals surface area contributed by atoms with Gasteiger partial charge in [0.15, 0.2) is 5.79 Å². The second kappa shape index (κ2) is 11.7. The molecule has 2 aliphatic rings. The first-order chi connectivity index (χ1) is 14.3. The van der Waals surface area contributed by atoms with E-state index in [1.165, 1.54) is 11.8 Å². The quantitative estimate of drug-likeness (QED) is 0.285. The molecule has 0 aromatic rings. The summed E-state index contributed by atoms with van der Waals surface area (Å²) < 4.78 is 18.0. The summed E-state index contributed by atoms with van der Waals surface area (Å²) in [5.41, 5.74) is 0.959. The molecule has 1 N–H and O–H groups in total. The number of nitrogens with one attached hydrogen (secondary N) is 1. The van der Waals surface area contributed by atoms with Crippen LogP contribution in [0.2, 0.25) is 0 Å². The van der Waals surface area contributed by atoms with Crippen molar-refractivity contribution < 1.29 is 23.8 Å². The number of rotatable bonds is 11. The summed E-state index contributed by atoms with van der Waals surface area (Å²) in [6.45, 7) is 11.6. The predicted molar refractivity (Wildman–Crippen MR) is 120 cm³/mol. The molecule has 2 rings (SSSR count). The number of amides is 1. The highest BCUT2D eigenvalue weighted by atomic mass is 32.2. The van der Waals surface area contributed by atoms with E-state index >= 15 is 0 Å². The first-order valence-corrected chi connectivity index (χ1v) is 11.6. The fraction of sp³-hybridized carbons (Fsp3) is 0.652. The van der Waals surface area contributed by atoms with Crippen molar-refractivity contribution in [2.45, 2.75) is 76.4 Å². The smallest absolute Gasteiger partial charge is 0.330 e. The number of allylic oxidation sites excluding steroid dienone is 3. The van der Waals surface area contributed by atoms with E-state index in [-0.39, 0.29) is 29.5 Å². The Bertz CT molecular complexity index is 664. The van der Waals surface area contributed by atoms with Crippen LogP contribution in [0.3, 0.4) is 0 Å². The van der Waals surface area contributed by atoms with Crippen LogP contribution in [0, 0.1) is 5.92 Å². The van der Waals surface area contributed by atoms with Crippen LogP contribution >= 0.6 is 11.8 Å². The van der Waals surface area contributed by atoms with Crippen LogP contribution in [0.1, 0.15) is 52.4 Å². The van der Waals surface area contributed by atoms with Gasteiger partial charge in [0.05, 0.1) is 12.1 Å². The van der Waals surface area contributed by atoms with Crippen molar-refractivity contribution in [3.05, 3.63) is 37.0 Å². The molecule has 0 unspecified atom stereocenters. The molecule has 2 heterocycles. The average Bonchev–Trinajstić information content (AvgIpc) is 3.17. The van der Waals surface area contributed by atoms with E-state index in [0.717, 1.165) is 31.3 Å². The zero-order valence-corrected chi connectivity index (χ0v) is 19.2. The Morgan fingerprint density at radius 3 is 2.83 bits per heavy atom. The van der Waals surface area contributed by atoms with Gasteiger partial charge < -0.3 is 19.5 Å². The van der Waals surface area contributed by atoms with Crippen molar-refractivity contribution >= 4 is 23.0 Å². The van der Waals surface area contributed by atoms with E-state index in [1.807, 2.05) is 19.1 Å². The van der Waals surface area contributed by atoms with Crippen LogP contribution in [-0.4, -0.2) is 48.1 Å². The molecule has 2 aliphatic heterocycles. The monoisotopic (exact) mass is 437 g/mol. The van der Waals surface area contributed by atoms with Crippen LogP contribution in [0.25, 0.3) is 0 Å². The fourth-order valence-corrected chi connectivity index (χ4v) is 4.71. The minimum absolute atomic E-state index is 0.0863. The van der Waals surface area contributed by atoms with Gasteiger partial charge in [-0.3, -0.25) is 4.79 Å². The molecule has 6 nitrogen and oxygen atoms in total. The Labute approximate surface area is 184 Å². The number of methoxy groups -OCH3 is 1. The standard InChI is InChI=1S/C23H35NO5S/c1-6-8-9-17(4)12-21(25)28-19-13-18(11-10-16(3)7-2)29-23(14-19,27-5)20-15-30-22(26)24-20/h6-7,12,16,18-20H,1-2,8-11,13-15H2,3-5H3,(H,24,26)/b17-12-/t16-,18-,19-,20+,23-/m1/s1. The third-order valence-electron chi connectivity index (χ3n) is 5.69. The van der Waals surface area contributed by atoms with Crippen molar-refractivity contribution in [1.29, 1.82) is 0 Å². The van der Waals surface area contributed by atoms with Gasteiger partial charge in [-0.15, -0.1) is 13.2 Å². The normalized spacial score (nSPS) is 30.4. The molecule has 7 heteroatoms. The number of esters is 1. The zero-order chi connectivity index (χ0) is 22.1. The second-order valence-corrected chi connectivity index (χ2v) is 9.15. The van der Waals surface area contributed by atoms with Crippen LogP contribution < -0.4 is 5.32 Å². The first-order valence-electron chi connectivity index (χ1n) is 10.6. The fourth-order valence-electron chi connectivity index (χ4n) is 3.83. The molecule has 0 bridgehead atoms. The lowest BCUT2D eigenvalue weighted by Crippen LogP contribution is -2.59. The molecule has 2 fully saturated rings. The van der Waals surface area contributed by atoms with Crippen LogP contribution in [0.5, 0.6) is 0 Å². The van der Waals surface area contributed by atoms with E-state index in [1.54, 1.807) is 13.2 Å². The lowest BCUT2D eigenvalue weighted by atomic mass is 9.90. The summed E-state index contributed by atoms with van der Waals surface area (Å²) in [6, 6.07) is -0.286. The topological polar surface area (TPSA) is 73.9 Å². The zero-order valence-electron chi connectivity index (χ0n) is 18.4. The third-order valence-corrected chi connectivity index (χ3v) is 6.57. The minimum Gasteiger partial charge on any atom is -0.459 e. The molecule has 0 aromatic carbocycles. The Morgan fingerprint density at radius 2 is 2.23 bits per heavy atom. The van der Waals surface area contributed by atoms with Crippen molar-refractivity contribution in [2.24, 2.45) is 5.92 Å². The summed E-state index contributed by atoms with van der Waals surface area (Å²) in [7, 11) is 1.59. The Hall–Kier alpha value is -1.57. The van der Waals surface area contributed by atoms with E-state index in [2.05, 4.69) is 25.4 Å². The van der Waals surface area contributed by atoms with Gasteiger partial charge in [-0.25, -0.2) is 4.79 Å². The van der Waals surface area contributed by atoms with E-state index in [9.17, 15) is 9.59 Å². The number of carbonyl (C=O) groups is 2. The van der Waals surface area contributed by atoms with E-state index < -0.39 is 5.79 Å². The average molecular weight is 438 g/mol. The van der Waals surface area contributed by atoms with Crippen LogP contribution in [0.4, 0.5) is 4.79 Å². The van der Waals surface area contributed by atoms with Crippen molar-refractivity contribution in [2.75, 3.05) is 12.9 Å². The molecule has 2 saturated heterocycles. The Kier molecular flexibility index (Phi) is 9.65. The molecule has 168 valence electrons. The largest absolute Gasteiger partial charge is 0.459 e.